The van der Waals surface area contributed by atoms with Crippen LogP contribution >= 0.6 is 0 Å². The van der Waals surface area contributed by atoms with Crippen LogP contribution in [0.2, 0.25) is 16.6 Å². The molecule has 3 aliphatic heterocycles. The van der Waals surface area contributed by atoms with Crippen molar-refractivity contribution in [2.45, 2.75) is 102 Å². The largest absolute Gasteiger partial charge is 0.479 e. The molecule has 2 aromatic carbocycles. The Morgan fingerprint density at radius 2 is 1.71 bits per heavy atom. The van der Waals surface area contributed by atoms with E-state index >= 15 is 8.78 Å². The molecule has 2 aromatic heterocycles. The third kappa shape index (κ3) is 4.91. The molecule has 4 unspecified atom stereocenters. The number of aromatic hydroxyl groups is 1. The number of benzene rings is 2. The molecular formula is C37H41F2N5O4Si. The van der Waals surface area contributed by atoms with Gasteiger partial charge in [-0.15, -0.1) is 5.54 Å². The number of carboxylic acid groups (broad SMARTS) is 1. The van der Waals surface area contributed by atoms with Gasteiger partial charge in [0.05, 0.1) is 23.7 Å². The van der Waals surface area contributed by atoms with Crippen molar-refractivity contribution in [3.8, 4) is 34.6 Å². The van der Waals surface area contributed by atoms with Crippen LogP contribution in [0.5, 0.6) is 11.9 Å². The van der Waals surface area contributed by atoms with Gasteiger partial charge >= 0.3 is 12.1 Å². The smallest absolute Gasteiger partial charge is 0.407 e. The van der Waals surface area contributed by atoms with Crippen molar-refractivity contribution >= 4 is 41.7 Å². The van der Waals surface area contributed by atoms with Crippen LogP contribution in [-0.4, -0.2) is 75.0 Å². The van der Waals surface area contributed by atoms with Crippen LogP contribution in [0.3, 0.4) is 0 Å². The normalized spacial score (nSPS) is 21.6. The maximum absolute atomic E-state index is 16.9. The van der Waals surface area contributed by atoms with E-state index in [1.807, 2.05) is 17.9 Å². The Labute approximate surface area is 285 Å². The van der Waals surface area contributed by atoms with E-state index in [-0.39, 0.29) is 39.9 Å². The number of piperazine rings is 1. The summed E-state index contributed by atoms with van der Waals surface area (Å²) in [7, 11) is -2.26. The minimum Gasteiger partial charge on any atom is -0.479 e. The molecule has 256 valence electrons. The van der Waals surface area contributed by atoms with Crippen molar-refractivity contribution in [3.05, 3.63) is 47.5 Å². The second-order valence-corrected chi connectivity index (χ2v) is 20.2. The van der Waals surface area contributed by atoms with Crippen molar-refractivity contribution in [3.63, 3.8) is 0 Å². The van der Waals surface area contributed by atoms with Crippen molar-refractivity contribution in [1.29, 1.82) is 0 Å². The minimum atomic E-state index is -2.26. The van der Waals surface area contributed by atoms with Crippen molar-refractivity contribution in [2.24, 2.45) is 0 Å². The highest BCUT2D eigenvalue weighted by Gasteiger charge is 2.53. The lowest BCUT2D eigenvalue weighted by Gasteiger charge is -2.47. The number of anilines is 1. The lowest BCUT2D eigenvalue weighted by molar-refractivity contribution is 0.0707. The summed E-state index contributed by atoms with van der Waals surface area (Å²) in [5.41, 5.74) is 4.80. The van der Waals surface area contributed by atoms with Crippen molar-refractivity contribution in [1.82, 2.24) is 19.9 Å². The number of hydrogen-bond donors (Lipinski definition) is 2. The van der Waals surface area contributed by atoms with E-state index < -0.39 is 50.0 Å². The third-order valence-corrected chi connectivity index (χ3v) is 17.5. The molecule has 2 fully saturated rings. The molecule has 9 nitrogen and oxygen atoms in total. The van der Waals surface area contributed by atoms with Crippen LogP contribution in [-0.2, 0) is 0 Å². The summed E-state index contributed by atoms with van der Waals surface area (Å²) in [4.78, 5) is 28.9. The average Bonchev–Trinajstić information content (AvgIpc) is 3.29. The lowest BCUT2D eigenvalue weighted by atomic mass is 9.96. The summed E-state index contributed by atoms with van der Waals surface area (Å²) in [5.74, 6) is 2.27. The van der Waals surface area contributed by atoms with Crippen molar-refractivity contribution in [2.75, 3.05) is 11.4 Å². The highest BCUT2D eigenvalue weighted by Crippen LogP contribution is 2.47. The van der Waals surface area contributed by atoms with Gasteiger partial charge in [-0.2, -0.15) is 9.97 Å². The summed E-state index contributed by atoms with van der Waals surface area (Å²) < 4.78 is 39.3. The van der Waals surface area contributed by atoms with Gasteiger partial charge in [0.15, 0.2) is 5.82 Å². The molecule has 2 N–H and O–H groups in total. The number of fused-ring (bicyclic) bond motifs is 6. The van der Waals surface area contributed by atoms with E-state index in [1.165, 1.54) is 11.0 Å². The highest BCUT2D eigenvalue weighted by atomic mass is 28.3. The fourth-order valence-electron chi connectivity index (χ4n) is 9.18. The predicted molar refractivity (Wildman–Crippen MR) is 188 cm³/mol. The van der Waals surface area contributed by atoms with E-state index in [4.69, 9.17) is 9.72 Å². The Bertz CT molecular complexity index is 2060. The molecule has 7 rings (SSSR count). The van der Waals surface area contributed by atoms with Crippen molar-refractivity contribution < 1.29 is 28.5 Å². The van der Waals surface area contributed by atoms with E-state index in [1.54, 1.807) is 18.2 Å². The van der Waals surface area contributed by atoms with E-state index in [2.05, 4.69) is 63.0 Å². The fourth-order valence-corrected chi connectivity index (χ4v) is 14.4. The van der Waals surface area contributed by atoms with E-state index in [0.29, 0.717) is 52.3 Å². The molecule has 0 radical (unpaired) electrons. The Hall–Kier alpha value is -4.50. The quantitative estimate of drug-likeness (QED) is 0.165. The summed E-state index contributed by atoms with van der Waals surface area (Å²) in [5, 5.41) is 22.1. The number of carbonyl (C=O) groups is 1. The van der Waals surface area contributed by atoms with Crippen LogP contribution in [0.15, 0.2) is 30.3 Å². The number of halogens is 2. The summed E-state index contributed by atoms with van der Waals surface area (Å²) in [6.45, 7) is 15.3. The second-order valence-electron chi connectivity index (χ2n) is 14.6. The Morgan fingerprint density at radius 1 is 1.00 bits per heavy atom. The number of nitrogens with zero attached hydrogens (tertiary/aromatic N) is 5. The molecule has 0 spiro atoms. The maximum atomic E-state index is 16.9. The molecular weight excluding hydrogens is 645 g/mol. The van der Waals surface area contributed by atoms with Crippen LogP contribution in [0, 0.1) is 23.1 Å². The van der Waals surface area contributed by atoms with Gasteiger partial charge in [-0.3, -0.25) is 4.90 Å². The molecule has 0 saturated carbocycles. The van der Waals surface area contributed by atoms with Crippen LogP contribution < -0.4 is 9.64 Å². The SMILES string of the molecule is CC1Oc2nc(-c3cccc4ccc(F)c(C#C[Si](C(C)C)(C(C)C)C(C)C)c34)c(F)c3nc(O)nc(c23)N2CC3CCC(C12)N3C(=O)O. The number of pyridine rings is 1. The number of hydrogen-bond acceptors (Lipinski definition) is 7. The first-order valence-corrected chi connectivity index (χ1v) is 19.3. The molecule has 2 saturated heterocycles. The average molecular weight is 686 g/mol. The van der Waals surface area contributed by atoms with Crippen LogP contribution in [0.4, 0.5) is 19.4 Å². The van der Waals surface area contributed by atoms with Gasteiger partial charge in [-0.05, 0) is 47.8 Å². The van der Waals surface area contributed by atoms with Gasteiger partial charge in [0, 0.05) is 17.5 Å². The summed E-state index contributed by atoms with van der Waals surface area (Å²) in [6, 6.07) is 6.55. The predicted octanol–water partition coefficient (Wildman–Crippen LogP) is 7.88. The Morgan fingerprint density at radius 3 is 2.39 bits per heavy atom. The zero-order valence-electron chi connectivity index (χ0n) is 28.8. The number of amides is 1. The first-order valence-electron chi connectivity index (χ1n) is 17.1. The number of ether oxygens (including phenoxy) is 1. The van der Waals surface area contributed by atoms with Gasteiger partial charge < -0.3 is 19.8 Å². The molecule has 1 amide bonds. The third-order valence-electron chi connectivity index (χ3n) is 11.2. The molecule has 2 bridgehead atoms. The fraction of sp³-hybridized carbons (Fsp3) is 0.459. The molecule has 4 atom stereocenters. The van der Waals surface area contributed by atoms with Gasteiger partial charge in [0.1, 0.15) is 42.4 Å². The summed E-state index contributed by atoms with van der Waals surface area (Å²) >= 11 is 0. The maximum Gasteiger partial charge on any atom is 0.407 e. The molecule has 5 heterocycles. The second kappa shape index (κ2) is 11.8. The van der Waals surface area contributed by atoms with E-state index in [9.17, 15) is 15.0 Å². The molecule has 3 aliphatic rings. The zero-order valence-corrected chi connectivity index (χ0v) is 29.8. The monoisotopic (exact) mass is 685 g/mol. The summed E-state index contributed by atoms with van der Waals surface area (Å²) in [6.07, 6.45) is -0.271. The first-order chi connectivity index (χ1) is 23.3. The zero-order chi connectivity index (χ0) is 35.1. The van der Waals surface area contributed by atoms with E-state index in [0.717, 1.165) is 0 Å². The van der Waals surface area contributed by atoms with Crippen LogP contribution in [0.1, 0.15) is 66.9 Å². The Balaban J connectivity index is 1.46. The number of aromatic nitrogens is 3. The molecule has 4 aromatic rings. The number of rotatable bonds is 4. The highest BCUT2D eigenvalue weighted by molar-refractivity contribution is 6.90. The van der Waals surface area contributed by atoms with Crippen LogP contribution in [0.25, 0.3) is 32.9 Å². The van der Waals surface area contributed by atoms with Gasteiger partial charge in [0.25, 0.3) is 0 Å². The van der Waals surface area contributed by atoms with Gasteiger partial charge in [-0.25, -0.2) is 18.6 Å². The topological polar surface area (TPSA) is 112 Å². The van der Waals surface area contributed by atoms with Gasteiger partial charge in [0.2, 0.25) is 5.88 Å². The minimum absolute atomic E-state index is 0.0629. The molecule has 12 heteroatoms. The first kappa shape index (κ1) is 33.0. The lowest BCUT2D eigenvalue weighted by Crippen LogP contribution is -2.64. The standard InChI is InChI=1S/C37H41F2N5O4Si/c1-18(2)49(19(3)4,20(5)6)16-15-24-26(38)13-11-22-9-8-10-25(28(22)24)31-30(39)32-29-34(42-36(45)41-32)43-17-23-12-14-27(44(23)37(46)47)33(43)21(7)48-35(29)40-31/h8-11,13,18-21,23,27,33H,12,14,17H2,1-7H3,(H,46,47)(H,41,42,45). The molecule has 0 aliphatic carbocycles. The van der Waals surface area contributed by atoms with Gasteiger partial charge in [-0.1, -0.05) is 71.7 Å². The Kier molecular flexibility index (Phi) is 7.97. The molecule has 49 heavy (non-hydrogen) atoms.